The number of ether oxygens (including phenoxy) is 2. The molecule has 2 aliphatic rings. The third-order valence-corrected chi connectivity index (χ3v) is 4.44. The maximum atomic E-state index is 12.3. The van der Waals surface area contributed by atoms with Crippen LogP contribution in [0.25, 0.3) is 0 Å². The van der Waals surface area contributed by atoms with Gasteiger partial charge in [0.25, 0.3) is 5.91 Å². The lowest BCUT2D eigenvalue weighted by Gasteiger charge is -2.11. The number of rotatable bonds is 6. The molecular formula is C20H20N2O4. The van der Waals surface area contributed by atoms with Gasteiger partial charge in [0.2, 0.25) is 12.7 Å². The summed E-state index contributed by atoms with van der Waals surface area (Å²) in [5.74, 6) is 1.17. The molecule has 0 atom stereocenters. The second kappa shape index (κ2) is 7.07. The van der Waals surface area contributed by atoms with Crippen LogP contribution in [0, 0.1) is 0 Å². The summed E-state index contributed by atoms with van der Waals surface area (Å²) in [7, 11) is 0. The molecule has 1 saturated carbocycles. The van der Waals surface area contributed by atoms with E-state index in [0.717, 1.165) is 24.2 Å². The first-order valence-electron chi connectivity index (χ1n) is 8.77. The second-order valence-electron chi connectivity index (χ2n) is 6.53. The minimum atomic E-state index is -0.140. The van der Waals surface area contributed by atoms with Crippen molar-refractivity contribution in [2.75, 3.05) is 12.1 Å². The van der Waals surface area contributed by atoms with Gasteiger partial charge in [0.1, 0.15) is 0 Å². The summed E-state index contributed by atoms with van der Waals surface area (Å²) < 4.78 is 10.6. The molecule has 0 unspecified atom stereocenters. The Balaban J connectivity index is 1.36. The van der Waals surface area contributed by atoms with Gasteiger partial charge in [-0.25, -0.2) is 0 Å². The van der Waals surface area contributed by atoms with Crippen molar-refractivity contribution in [2.45, 2.75) is 31.7 Å². The van der Waals surface area contributed by atoms with Crippen molar-refractivity contribution in [2.24, 2.45) is 0 Å². The van der Waals surface area contributed by atoms with Crippen LogP contribution in [-0.4, -0.2) is 24.6 Å². The molecule has 2 aromatic rings. The average molecular weight is 352 g/mol. The molecule has 0 bridgehead atoms. The van der Waals surface area contributed by atoms with Gasteiger partial charge < -0.3 is 20.1 Å². The Morgan fingerprint density at radius 1 is 1.04 bits per heavy atom. The number of amides is 2. The topological polar surface area (TPSA) is 76.7 Å². The summed E-state index contributed by atoms with van der Waals surface area (Å²) in [6.07, 6.45) is 2.95. The molecule has 2 aromatic carbocycles. The summed E-state index contributed by atoms with van der Waals surface area (Å²) in [6.45, 7) is 0.235. The average Bonchev–Trinajstić information content (AvgIpc) is 3.33. The molecule has 1 fully saturated rings. The van der Waals surface area contributed by atoms with Crippen LogP contribution in [0.2, 0.25) is 0 Å². The number of aryl methyl sites for hydroxylation is 1. The van der Waals surface area contributed by atoms with E-state index < -0.39 is 0 Å². The van der Waals surface area contributed by atoms with E-state index in [2.05, 4.69) is 10.6 Å². The van der Waals surface area contributed by atoms with Gasteiger partial charge in [0.15, 0.2) is 11.5 Å². The maximum absolute atomic E-state index is 12.3. The molecule has 4 rings (SSSR count). The minimum Gasteiger partial charge on any atom is -0.454 e. The van der Waals surface area contributed by atoms with Crippen LogP contribution in [0.15, 0.2) is 42.5 Å². The normalized spacial score (nSPS) is 14.8. The molecule has 1 aliphatic carbocycles. The predicted molar refractivity (Wildman–Crippen MR) is 96.4 cm³/mol. The summed E-state index contributed by atoms with van der Waals surface area (Å²) >= 11 is 0. The molecule has 6 nitrogen and oxygen atoms in total. The summed E-state index contributed by atoms with van der Waals surface area (Å²) in [4.78, 5) is 24.6. The van der Waals surface area contributed by atoms with E-state index in [1.165, 1.54) is 0 Å². The highest BCUT2D eigenvalue weighted by Gasteiger charge is 2.25. The van der Waals surface area contributed by atoms with E-state index in [4.69, 9.17) is 9.47 Å². The van der Waals surface area contributed by atoms with Gasteiger partial charge in [-0.2, -0.15) is 0 Å². The highest BCUT2D eigenvalue weighted by Crippen LogP contribution is 2.32. The highest BCUT2D eigenvalue weighted by atomic mass is 16.7. The Hall–Kier alpha value is -3.02. The van der Waals surface area contributed by atoms with E-state index in [9.17, 15) is 9.59 Å². The zero-order valence-corrected chi connectivity index (χ0v) is 14.3. The predicted octanol–water partition coefficient (Wildman–Crippen LogP) is 2.88. The lowest BCUT2D eigenvalue weighted by Crippen LogP contribution is -2.27. The first-order valence-corrected chi connectivity index (χ1v) is 8.77. The van der Waals surface area contributed by atoms with Crippen LogP contribution in [0.4, 0.5) is 5.69 Å². The molecule has 0 saturated heterocycles. The van der Waals surface area contributed by atoms with Gasteiger partial charge in [0.05, 0.1) is 11.3 Å². The van der Waals surface area contributed by atoms with Crippen molar-refractivity contribution in [3.63, 3.8) is 0 Å². The molecule has 2 amide bonds. The molecule has 2 N–H and O–H groups in total. The molecule has 1 heterocycles. The number of carbonyl (C=O) groups excluding carboxylic acids is 2. The number of anilines is 1. The third kappa shape index (κ3) is 3.79. The Morgan fingerprint density at radius 2 is 1.85 bits per heavy atom. The Labute approximate surface area is 151 Å². The van der Waals surface area contributed by atoms with Gasteiger partial charge >= 0.3 is 0 Å². The fraction of sp³-hybridized carbons (Fsp3) is 0.300. The third-order valence-electron chi connectivity index (χ3n) is 4.44. The SMILES string of the molecule is O=C(CCc1ccc2c(c1)OCO2)Nc1ccccc1C(=O)NC1CC1. The van der Waals surface area contributed by atoms with Crippen molar-refractivity contribution in [1.29, 1.82) is 0 Å². The Morgan fingerprint density at radius 3 is 2.69 bits per heavy atom. The molecular weight excluding hydrogens is 332 g/mol. The molecule has 6 heteroatoms. The number of fused-ring (bicyclic) bond motifs is 1. The largest absolute Gasteiger partial charge is 0.454 e. The Kier molecular flexibility index (Phi) is 4.48. The lowest BCUT2D eigenvalue weighted by atomic mass is 10.1. The fourth-order valence-electron chi connectivity index (χ4n) is 2.85. The zero-order chi connectivity index (χ0) is 17.9. The van der Waals surface area contributed by atoms with Crippen molar-refractivity contribution in [3.8, 4) is 11.5 Å². The van der Waals surface area contributed by atoms with Gasteiger partial charge in [-0.3, -0.25) is 9.59 Å². The number of benzene rings is 2. The number of carbonyl (C=O) groups is 2. The number of hydrogen-bond acceptors (Lipinski definition) is 4. The van der Waals surface area contributed by atoms with Crippen LogP contribution >= 0.6 is 0 Å². The number of nitrogens with one attached hydrogen (secondary N) is 2. The van der Waals surface area contributed by atoms with Crippen molar-refractivity contribution >= 4 is 17.5 Å². The van der Waals surface area contributed by atoms with Gasteiger partial charge in [0, 0.05) is 12.5 Å². The van der Waals surface area contributed by atoms with Gasteiger partial charge in [-0.1, -0.05) is 18.2 Å². The molecule has 26 heavy (non-hydrogen) atoms. The lowest BCUT2D eigenvalue weighted by molar-refractivity contribution is -0.116. The van der Waals surface area contributed by atoms with Crippen molar-refractivity contribution in [1.82, 2.24) is 5.32 Å². The van der Waals surface area contributed by atoms with E-state index in [1.54, 1.807) is 24.3 Å². The fourth-order valence-corrected chi connectivity index (χ4v) is 2.85. The first-order chi connectivity index (χ1) is 12.7. The van der Waals surface area contributed by atoms with Gasteiger partial charge in [-0.15, -0.1) is 0 Å². The minimum absolute atomic E-state index is 0.130. The number of para-hydroxylation sites is 1. The second-order valence-corrected chi connectivity index (χ2v) is 6.53. The van der Waals surface area contributed by atoms with Crippen molar-refractivity contribution < 1.29 is 19.1 Å². The van der Waals surface area contributed by atoms with E-state index in [-0.39, 0.29) is 24.6 Å². The zero-order valence-electron chi connectivity index (χ0n) is 14.3. The summed E-state index contributed by atoms with van der Waals surface area (Å²) in [5.41, 5.74) is 2.04. The molecule has 0 radical (unpaired) electrons. The molecule has 0 spiro atoms. The van der Waals surface area contributed by atoms with E-state index >= 15 is 0 Å². The van der Waals surface area contributed by atoms with Crippen LogP contribution < -0.4 is 20.1 Å². The van der Waals surface area contributed by atoms with Crippen LogP contribution in [0.5, 0.6) is 11.5 Å². The standard InChI is InChI=1S/C20H20N2O4/c23-19(10-6-13-5-9-17-18(11-13)26-12-25-17)22-16-4-2-1-3-15(16)20(24)21-14-7-8-14/h1-5,9,11,14H,6-8,10,12H2,(H,21,24)(H,22,23). The van der Waals surface area contributed by atoms with E-state index in [0.29, 0.717) is 29.8 Å². The maximum Gasteiger partial charge on any atom is 0.253 e. The number of hydrogen-bond donors (Lipinski definition) is 2. The van der Waals surface area contributed by atoms with Crippen molar-refractivity contribution in [3.05, 3.63) is 53.6 Å². The van der Waals surface area contributed by atoms with Crippen LogP contribution in [0.1, 0.15) is 35.2 Å². The molecule has 0 aromatic heterocycles. The van der Waals surface area contributed by atoms with Gasteiger partial charge in [-0.05, 0) is 49.1 Å². The smallest absolute Gasteiger partial charge is 0.253 e. The monoisotopic (exact) mass is 352 g/mol. The Bertz CT molecular complexity index is 845. The van der Waals surface area contributed by atoms with E-state index in [1.807, 2.05) is 18.2 Å². The first kappa shape index (κ1) is 16.4. The summed E-state index contributed by atoms with van der Waals surface area (Å²) in [6, 6.07) is 13.0. The van der Waals surface area contributed by atoms with Crippen LogP contribution in [0.3, 0.4) is 0 Å². The summed E-state index contributed by atoms with van der Waals surface area (Å²) in [5, 5.41) is 5.80. The molecule has 134 valence electrons. The highest BCUT2D eigenvalue weighted by molar-refractivity contribution is 6.03. The van der Waals surface area contributed by atoms with Crippen LogP contribution in [-0.2, 0) is 11.2 Å². The molecule has 1 aliphatic heterocycles. The quantitative estimate of drug-likeness (QED) is 0.838.